The molecule has 0 saturated heterocycles. The molecule has 1 saturated carbocycles. The van der Waals surface area contributed by atoms with Crippen molar-refractivity contribution in [1.29, 1.82) is 0 Å². The average molecular weight is 377 g/mol. The molecule has 0 spiro atoms. The highest BCUT2D eigenvalue weighted by Gasteiger charge is 2.33. The maximum atomic E-state index is 13.0. The number of nitrogens with zero attached hydrogens (tertiary/aromatic N) is 1. The summed E-state index contributed by atoms with van der Waals surface area (Å²) in [5, 5.41) is 0. The standard InChI is InChI=1S/C21H31NO5/c1-15-9-5-6-10-17(15)22(13-16(2)21(24)26-4)20(23)14-27-19-12-8-7-11-18(19)25-3/h7-8,11-12,15-17H,5-6,9-10,13-14H2,1-4H3. The first kappa shape index (κ1) is 21.1. The molecule has 3 atom stereocenters. The Morgan fingerprint density at radius 1 is 1.15 bits per heavy atom. The fraction of sp³-hybridized carbons (Fsp3) is 0.619. The van der Waals surface area contributed by atoms with Crippen molar-refractivity contribution in [3.05, 3.63) is 24.3 Å². The number of amides is 1. The van der Waals surface area contributed by atoms with E-state index in [1.165, 1.54) is 13.5 Å². The van der Waals surface area contributed by atoms with Gasteiger partial charge in [-0.25, -0.2) is 0 Å². The van der Waals surface area contributed by atoms with Crippen molar-refractivity contribution in [3.8, 4) is 11.5 Å². The predicted molar refractivity (Wildman–Crippen MR) is 103 cm³/mol. The van der Waals surface area contributed by atoms with Crippen LogP contribution in [0.1, 0.15) is 39.5 Å². The van der Waals surface area contributed by atoms with Gasteiger partial charge in [-0.2, -0.15) is 0 Å². The third-order valence-electron chi connectivity index (χ3n) is 5.28. The van der Waals surface area contributed by atoms with E-state index >= 15 is 0 Å². The highest BCUT2D eigenvalue weighted by molar-refractivity contribution is 5.79. The molecule has 0 aliphatic heterocycles. The molecule has 27 heavy (non-hydrogen) atoms. The molecule has 1 aliphatic rings. The first-order valence-electron chi connectivity index (χ1n) is 9.61. The second-order valence-corrected chi connectivity index (χ2v) is 7.24. The summed E-state index contributed by atoms with van der Waals surface area (Å²) in [5.74, 6) is 0.729. The third kappa shape index (κ3) is 5.62. The summed E-state index contributed by atoms with van der Waals surface area (Å²) in [7, 11) is 2.94. The van der Waals surface area contributed by atoms with Crippen molar-refractivity contribution < 1.29 is 23.8 Å². The van der Waals surface area contributed by atoms with Gasteiger partial charge in [0.05, 0.1) is 20.1 Å². The van der Waals surface area contributed by atoms with Crippen LogP contribution in [0.2, 0.25) is 0 Å². The fourth-order valence-corrected chi connectivity index (χ4v) is 3.71. The molecule has 6 heteroatoms. The van der Waals surface area contributed by atoms with Crippen molar-refractivity contribution in [2.45, 2.75) is 45.6 Å². The van der Waals surface area contributed by atoms with Gasteiger partial charge in [0.1, 0.15) is 0 Å². The lowest BCUT2D eigenvalue weighted by molar-refractivity contribution is -0.148. The smallest absolute Gasteiger partial charge is 0.310 e. The lowest BCUT2D eigenvalue weighted by atomic mass is 9.84. The fourth-order valence-electron chi connectivity index (χ4n) is 3.71. The van der Waals surface area contributed by atoms with E-state index in [2.05, 4.69) is 6.92 Å². The molecule has 0 aromatic heterocycles. The molecule has 1 aromatic rings. The van der Waals surface area contributed by atoms with Gasteiger partial charge in [-0.3, -0.25) is 9.59 Å². The lowest BCUT2D eigenvalue weighted by Crippen LogP contribution is -2.49. The van der Waals surface area contributed by atoms with E-state index in [0.717, 1.165) is 19.3 Å². The van der Waals surface area contributed by atoms with Crippen LogP contribution in [0.15, 0.2) is 24.3 Å². The number of ether oxygens (including phenoxy) is 3. The van der Waals surface area contributed by atoms with Gasteiger partial charge in [0.2, 0.25) is 0 Å². The Morgan fingerprint density at radius 3 is 2.44 bits per heavy atom. The van der Waals surface area contributed by atoms with Crippen LogP contribution in [0.3, 0.4) is 0 Å². The summed E-state index contributed by atoms with van der Waals surface area (Å²) in [6.07, 6.45) is 4.33. The molecule has 0 radical (unpaired) electrons. The quantitative estimate of drug-likeness (QED) is 0.651. The second kappa shape index (κ2) is 10.2. The minimum Gasteiger partial charge on any atom is -0.493 e. The van der Waals surface area contributed by atoms with E-state index in [9.17, 15) is 9.59 Å². The summed E-state index contributed by atoms with van der Waals surface area (Å²) < 4.78 is 15.8. The van der Waals surface area contributed by atoms with E-state index < -0.39 is 0 Å². The average Bonchev–Trinajstić information content (AvgIpc) is 2.70. The van der Waals surface area contributed by atoms with Gasteiger partial charge in [-0.15, -0.1) is 0 Å². The molecular weight excluding hydrogens is 346 g/mol. The lowest BCUT2D eigenvalue weighted by Gasteiger charge is -2.39. The van der Waals surface area contributed by atoms with E-state index in [1.807, 2.05) is 17.0 Å². The monoisotopic (exact) mass is 377 g/mol. The first-order valence-corrected chi connectivity index (χ1v) is 9.61. The zero-order valence-corrected chi connectivity index (χ0v) is 16.8. The summed E-state index contributed by atoms with van der Waals surface area (Å²) in [4.78, 5) is 26.7. The van der Waals surface area contributed by atoms with Crippen molar-refractivity contribution in [2.24, 2.45) is 11.8 Å². The first-order chi connectivity index (χ1) is 13.0. The molecule has 2 rings (SSSR count). The molecule has 1 aromatic carbocycles. The number of esters is 1. The van der Waals surface area contributed by atoms with E-state index in [-0.39, 0.29) is 30.4 Å². The van der Waals surface area contributed by atoms with E-state index in [0.29, 0.717) is 24.0 Å². The maximum absolute atomic E-state index is 13.0. The molecule has 1 amide bonds. The molecule has 150 valence electrons. The Hall–Kier alpha value is -2.24. The number of para-hydroxylation sites is 2. The molecule has 0 heterocycles. The van der Waals surface area contributed by atoms with Crippen molar-refractivity contribution in [1.82, 2.24) is 4.90 Å². The van der Waals surface area contributed by atoms with Crippen LogP contribution in [0, 0.1) is 11.8 Å². The minimum absolute atomic E-state index is 0.0858. The van der Waals surface area contributed by atoms with Gasteiger partial charge in [0.25, 0.3) is 5.91 Å². The highest BCUT2D eigenvalue weighted by atomic mass is 16.5. The van der Waals surface area contributed by atoms with Crippen LogP contribution < -0.4 is 9.47 Å². The van der Waals surface area contributed by atoms with Crippen molar-refractivity contribution in [2.75, 3.05) is 27.4 Å². The topological polar surface area (TPSA) is 65.1 Å². The van der Waals surface area contributed by atoms with Gasteiger partial charge >= 0.3 is 5.97 Å². The highest BCUT2D eigenvalue weighted by Crippen LogP contribution is 2.30. The Labute approximate surface area is 161 Å². The van der Waals surface area contributed by atoms with Gasteiger partial charge in [-0.05, 0) is 30.9 Å². The summed E-state index contributed by atoms with van der Waals surface area (Å²) in [5.41, 5.74) is 0. The Balaban J connectivity index is 2.10. The van der Waals surface area contributed by atoms with Crippen LogP contribution in [0.5, 0.6) is 11.5 Å². The third-order valence-corrected chi connectivity index (χ3v) is 5.28. The van der Waals surface area contributed by atoms with Crippen LogP contribution in [0.4, 0.5) is 0 Å². The van der Waals surface area contributed by atoms with Crippen LogP contribution in [-0.2, 0) is 14.3 Å². The molecule has 3 unspecified atom stereocenters. The minimum atomic E-state index is -0.376. The van der Waals surface area contributed by atoms with E-state index in [1.54, 1.807) is 26.2 Å². The Bertz CT molecular complexity index is 633. The zero-order chi connectivity index (χ0) is 19.8. The summed E-state index contributed by atoms with van der Waals surface area (Å²) in [6, 6.07) is 7.38. The van der Waals surface area contributed by atoms with Crippen LogP contribution in [0.25, 0.3) is 0 Å². The molecular formula is C21H31NO5. The second-order valence-electron chi connectivity index (χ2n) is 7.24. The molecule has 1 fully saturated rings. The van der Waals surface area contributed by atoms with Crippen LogP contribution >= 0.6 is 0 Å². The summed E-state index contributed by atoms with van der Waals surface area (Å²) >= 11 is 0. The predicted octanol–water partition coefficient (Wildman–Crippen LogP) is 3.29. The Kier molecular flexibility index (Phi) is 7.95. The van der Waals surface area contributed by atoms with E-state index in [4.69, 9.17) is 14.2 Å². The molecule has 1 aliphatic carbocycles. The maximum Gasteiger partial charge on any atom is 0.310 e. The number of methoxy groups -OCH3 is 2. The SMILES string of the molecule is COC(=O)C(C)CN(C(=O)COc1ccccc1OC)C1CCCCC1C. The normalized spacial score (nSPS) is 20.4. The Morgan fingerprint density at radius 2 is 1.81 bits per heavy atom. The van der Waals surface area contributed by atoms with Gasteiger partial charge in [0.15, 0.2) is 18.1 Å². The largest absolute Gasteiger partial charge is 0.493 e. The van der Waals surface area contributed by atoms with Gasteiger partial charge < -0.3 is 19.1 Å². The number of carbonyl (C=O) groups is 2. The summed E-state index contributed by atoms with van der Waals surface area (Å²) in [6.45, 7) is 4.22. The van der Waals surface area contributed by atoms with Crippen LogP contribution in [-0.4, -0.2) is 50.2 Å². The zero-order valence-electron chi connectivity index (χ0n) is 16.8. The van der Waals surface area contributed by atoms with Crippen molar-refractivity contribution >= 4 is 11.9 Å². The van der Waals surface area contributed by atoms with Gasteiger partial charge in [0, 0.05) is 12.6 Å². The number of rotatable bonds is 8. The number of benzene rings is 1. The molecule has 6 nitrogen and oxygen atoms in total. The van der Waals surface area contributed by atoms with Gasteiger partial charge in [-0.1, -0.05) is 38.8 Å². The molecule has 0 N–H and O–H groups in total. The number of hydrogen-bond acceptors (Lipinski definition) is 5. The number of carbonyl (C=O) groups excluding carboxylic acids is 2. The number of hydrogen-bond donors (Lipinski definition) is 0. The molecule has 0 bridgehead atoms. The van der Waals surface area contributed by atoms with Crippen molar-refractivity contribution in [3.63, 3.8) is 0 Å².